The molecule has 0 saturated carbocycles. The van der Waals surface area contributed by atoms with Crippen molar-refractivity contribution >= 4 is 57.1 Å². The molecule has 24 heteroatoms. The molecular weight excluding hydrogens is 1530 g/mol. The van der Waals surface area contributed by atoms with E-state index in [2.05, 4.69) is 87.6 Å². The highest BCUT2D eigenvalue weighted by atomic mass is 32.1. The molecule has 0 aliphatic rings. The molecule has 0 aromatic carbocycles. The van der Waals surface area contributed by atoms with E-state index in [0.29, 0.717) is 0 Å². The van der Waals surface area contributed by atoms with E-state index in [9.17, 15) is 0 Å². The van der Waals surface area contributed by atoms with E-state index in [1.165, 1.54) is 33.5 Å². The van der Waals surface area contributed by atoms with Crippen LogP contribution in [0.1, 0.15) is 368 Å². The summed E-state index contributed by atoms with van der Waals surface area (Å²) in [5, 5.41) is 19.5. The molecule has 12 rings (SSSR count). The minimum Gasteiger partial charge on any atom is -0.365 e. The van der Waals surface area contributed by atoms with Crippen molar-refractivity contribution in [2.24, 2.45) is 7.05 Å². The van der Waals surface area contributed by atoms with Crippen LogP contribution in [-0.2, 0) is 7.05 Å². The van der Waals surface area contributed by atoms with Crippen molar-refractivity contribution in [2.75, 3.05) is 0 Å². The Balaban J connectivity index is -0.0000000222. The zero-order valence-electron chi connectivity index (χ0n) is 66.5. The van der Waals surface area contributed by atoms with E-state index < -0.39 is 0 Å². The Labute approximate surface area is 746 Å². The number of nitrogens with one attached hydrogen (secondary N) is 3. The molecule has 0 saturated heterocycles. The summed E-state index contributed by atoms with van der Waals surface area (Å²) in [4.78, 5) is 36.8. The molecule has 0 aliphatic heterocycles. The molecule has 0 aliphatic carbocycles. The molecule has 12 aromatic heterocycles. The summed E-state index contributed by atoms with van der Waals surface area (Å²) >= 11 is 7.94. The quantitative estimate of drug-likeness (QED) is 0.128. The lowest BCUT2D eigenvalue weighted by Crippen LogP contribution is -1.76. The van der Waals surface area contributed by atoms with Gasteiger partial charge in [-0.1, -0.05) is 323 Å². The number of rotatable bonds is 0. The van der Waals surface area contributed by atoms with E-state index in [-0.39, 0.29) is 141 Å². The maximum Gasteiger partial charge on any atom is 0.133 e. The van der Waals surface area contributed by atoms with Crippen LogP contribution < -0.4 is 0 Å². The van der Waals surface area contributed by atoms with Crippen LogP contribution >= 0.6 is 57.1 Å². The Bertz CT molecular complexity index is 2050. The van der Waals surface area contributed by atoms with Gasteiger partial charge in [0.15, 0.2) is 0 Å². The molecule has 115 heavy (non-hydrogen) atoms. The van der Waals surface area contributed by atoms with E-state index in [1.807, 2.05) is 311 Å². The molecule has 704 valence electrons. The van der Waals surface area contributed by atoms with Crippen LogP contribution in [0.2, 0.25) is 0 Å². The van der Waals surface area contributed by atoms with Gasteiger partial charge in [0.1, 0.15) is 24.1 Å². The van der Waals surface area contributed by atoms with Gasteiger partial charge in [0.2, 0.25) is 0 Å². The molecule has 12 aromatic rings. The average Bonchev–Trinajstić information content (AvgIpc) is 2.19. The molecule has 0 bridgehead atoms. The second-order valence-electron chi connectivity index (χ2n) is 14.0. The van der Waals surface area contributed by atoms with E-state index in [4.69, 9.17) is 0 Å². The van der Waals surface area contributed by atoms with Gasteiger partial charge in [-0.25, -0.2) is 24.3 Å². The fraction of sp³-hybridized carbons (Fsp3) is 0.604. The van der Waals surface area contributed by atoms with Crippen molar-refractivity contribution in [1.82, 2.24) is 78.6 Å². The SMILES string of the molecule is C.C.C.C.C.C.C.C.C.C.C.C.C.C.C.C.C.C.C.CC.CC.CC.CC.CC.CC.CC.CC.CC.CC.CC.CC.Cc1ccno1.Cc1ccon1.Cc1ccsn1.Cc1cnc[nH]1.Cc1cnc[nH]1.Cc1cncs1.Cc1cnoc1.Cc1cnsc1.Cc1cscn1.Cc1ncc[nH]1.Cc1nccs1.Cn1ccnc1. The summed E-state index contributed by atoms with van der Waals surface area (Å²) in [6, 6.07) is 5.60. The van der Waals surface area contributed by atoms with Gasteiger partial charge in [0.25, 0.3) is 0 Å². The maximum atomic E-state index is 4.58. The van der Waals surface area contributed by atoms with E-state index in [1.54, 1.807) is 127 Å². The van der Waals surface area contributed by atoms with E-state index in [0.717, 1.165) is 50.6 Å². The number of H-pyrrole nitrogens is 3. The van der Waals surface area contributed by atoms with Gasteiger partial charge >= 0.3 is 0 Å². The lowest BCUT2D eigenvalue weighted by atomic mass is 10.4. The Kier molecular flexibility index (Phi) is 367. The van der Waals surface area contributed by atoms with Gasteiger partial charge in [-0.05, 0) is 111 Å². The van der Waals surface area contributed by atoms with Gasteiger partial charge in [0, 0.05) is 124 Å². The Morgan fingerprint density at radius 2 is 0.861 bits per heavy atom. The number of hydrogen-bond acceptors (Lipinski definition) is 20. The van der Waals surface area contributed by atoms with Crippen LogP contribution in [0.15, 0.2) is 164 Å². The first kappa shape index (κ1) is 208. The lowest BCUT2D eigenvalue weighted by Gasteiger charge is -1.76. The van der Waals surface area contributed by atoms with Crippen LogP contribution in [-0.4, -0.2) is 78.6 Å². The molecular formula is C91H212N16O3S5. The number of imidazole rings is 4. The molecule has 0 spiro atoms. The number of hydrogen-bond donors (Lipinski definition) is 3. The third-order valence-corrected chi connectivity index (χ3v) is 10.5. The topological polar surface area (TPSA) is 246 Å². The van der Waals surface area contributed by atoms with Gasteiger partial charge in [0.05, 0.1) is 58.8 Å². The fourth-order valence-corrected chi connectivity index (χ4v) is 5.96. The van der Waals surface area contributed by atoms with E-state index >= 15 is 0 Å². The normalized spacial score (nSPS) is 6.16. The van der Waals surface area contributed by atoms with Gasteiger partial charge < -0.3 is 33.1 Å². The molecule has 0 fully saturated rings. The third-order valence-electron chi connectivity index (χ3n) is 7.02. The summed E-state index contributed by atoms with van der Waals surface area (Å²) in [5.74, 6) is 1.82. The number of thiazole rings is 3. The van der Waals surface area contributed by atoms with Crippen molar-refractivity contribution in [3.63, 3.8) is 0 Å². The van der Waals surface area contributed by atoms with Gasteiger partial charge in [-0.2, -0.15) is 4.37 Å². The zero-order valence-corrected chi connectivity index (χ0v) is 70.6. The monoisotopic (exact) mass is 1740 g/mol. The molecule has 3 N–H and O–H groups in total. The smallest absolute Gasteiger partial charge is 0.133 e. The number of nitrogens with zero attached hydrogens (tertiary/aromatic N) is 13. The molecule has 0 atom stereocenters. The van der Waals surface area contributed by atoms with Crippen LogP contribution in [0.3, 0.4) is 0 Å². The predicted octanol–water partition coefficient (Wildman–Crippen LogP) is 37.2. The molecule has 19 nitrogen and oxygen atoms in total. The van der Waals surface area contributed by atoms with Crippen LogP contribution in [0.4, 0.5) is 0 Å². The highest BCUT2D eigenvalue weighted by molar-refractivity contribution is 7.09. The third kappa shape index (κ3) is 199. The first-order valence-electron chi connectivity index (χ1n) is 33.4. The lowest BCUT2D eigenvalue weighted by molar-refractivity contribution is 0.397. The first-order valence-corrected chi connectivity index (χ1v) is 37.8. The number of aromatic nitrogens is 16. The van der Waals surface area contributed by atoms with Crippen molar-refractivity contribution in [3.05, 3.63) is 211 Å². The van der Waals surface area contributed by atoms with Crippen LogP contribution in [0.25, 0.3) is 0 Å². The first-order chi connectivity index (χ1) is 46.7. The fourth-order valence-electron chi connectivity index (χ4n) is 3.51. The van der Waals surface area contributed by atoms with Crippen LogP contribution in [0.5, 0.6) is 0 Å². The summed E-state index contributed by atoms with van der Waals surface area (Å²) in [5.41, 5.74) is 11.3. The second kappa shape index (κ2) is 203. The molecule has 0 amide bonds. The summed E-state index contributed by atoms with van der Waals surface area (Å²) < 4.78 is 23.2. The zero-order chi connectivity index (χ0) is 76.9. The minimum atomic E-state index is 0. The molecule has 0 radical (unpaired) electrons. The van der Waals surface area contributed by atoms with Gasteiger partial charge in [-0.3, -0.25) is 15.0 Å². The highest BCUT2D eigenvalue weighted by Gasteiger charge is 1.82. The summed E-state index contributed by atoms with van der Waals surface area (Å²) in [6.45, 7) is 69.5. The molecule has 12 heterocycles. The molecule has 0 unspecified atom stereocenters. The van der Waals surface area contributed by atoms with Crippen molar-refractivity contribution < 1.29 is 13.6 Å². The second-order valence-corrected chi connectivity index (χ2v) is 18.2. The predicted molar refractivity (Wildman–Crippen MR) is 555 cm³/mol. The minimum absolute atomic E-state index is 0. The Hall–Kier alpha value is -7.38. The maximum absolute atomic E-state index is 4.58. The Morgan fingerprint density at radius 3 is 0.957 bits per heavy atom. The highest BCUT2D eigenvalue weighted by Crippen LogP contribution is 2.01. The number of aromatic amines is 3. The van der Waals surface area contributed by atoms with Crippen molar-refractivity contribution in [2.45, 2.75) is 383 Å². The summed E-state index contributed by atoms with van der Waals surface area (Å²) in [6.07, 6.45) is 27.7. The standard InChI is InChI=1S/4C4H6N2.3C4H5NO.5C4H5NS.12C2H6.19CH4/c2*1-4-2-5-3-6-4;1-6-3-2-5-4-6;1-4-5-2-3-6-4;1-4-2-5-6-3-4;1-4-2-3-6-5-4;1-4-2-3-5-6-4;1-4-2-6-3-5-4;1-4-2-5-3-6-4;1-4-2-5-6-3-4;1-4-5-2-3-6-4;1-4-2-3-6-5-4;12*1-2;;;;;;;;;;;;;;;;;;;/h2*2-3H,1H3,(H,5,6);2-4H,1H3;2-3H,1H3,(H,5,6);8*2-3H,1H3;12*1-2H3;19*1H4. The largest absolute Gasteiger partial charge is 0.365 e. The summed E-state index contributed by atoms with van der Waals surface area (Å²) in [7, 11) is 1.94. The van der Waals surface area contributed by atoms with Crippen molar-refractivity contribution in [3.8, 4) is 0 Å². The van der Waals surface area contributed by atoms with Gasteiger partial charge in [-0.15, -0.1) is 34.0 Å². The number of aryl methyl sites for hydroxylation is 12. The Morgan fingerprint density at radius 1 is 0.383 bits per heavy atom. The average molecular weight is 1740 g/mol. The van der Waals surface area contributed by atoms with Crippen LogP contribution in [0, 0.1) is 76.2 Å². The van der Waals surface area contributed by atoms with Crippen molar-refractivity contribution in [1.29, 1.82) is 0 Å².